The first-order valence-corrected chi connectivity index (χ1v) is 11.0. The Balaban J connectivity index is 2.02. The number of nitrogens with zero attached hydrogens (tertiary/aromatic N) is 2. The number of sulfonamides is 1. The number of hydrogen-bond acceptors (Lipinski definition) is 3. The molecule has 1 amide bonds. The third kappa shape index (κ3) is 3.48. The minimum Gasteiger partial charge on any atom is -0.305 e. The molecule has 0 spiro atoms. The molecule has 0 aromatic heterocycles. The van der Waals surface area contributed by atoms with Crippen LogP contribution in [-0.4, -0.2) is 33.7 Å². The van der Waals surface area contributed by atoms with Gasteiger partial charge in [0.2, 0.25) is 10.0 Å². The summed E-state index contributed by atoms with van der Waals surface area (Å²) < 4.78 is 25.7. The number of fused-ring (bicyclic) bond motifs is 1. The third-order valence-electron chi connectivity index (χ3n) is 4.51. The van der Waals surface area contributed by atoms with Crippen LogP contribution in [-0.2, 0) is 16.4 Å². The number of carbonyl (C=O) groups is 1. The molecular weight excluding hydrogens is 440 g/mol. The molecule has 1 atom stereocenters. The van der Waals surface area contributed by atoms with Crippen LogP contribution in [0.15, 0.2) is 40.9 Å². The first-order valence-electron chi connectivity index (χ1n) is 7.95. The summed E-state index contributed by atoms with van der Waals surface area (Å²) in [5.41, 5.74) is 2.65. The van der Waals surface area contributed by atoms with Crippen LogP contribution in [0.4, 0.5) is 11.4 Å². The molecule has 0 fully saturated rings. The van der Waals surface area contributed by atoms with E-state index in [1.807, 2.05) is 25.1 Å². The Morgan fingerprint density at radius 3 is 2.62 bits per heavy atom. The van der Waals surface area contributed by atoms with Crippen LogP contribution in [0, 0.1) is 0 Å². The summed E-state index contributed by atoms with van der Waals surface area (Å²) in [4.78, 5) is 14.9. The van der Waals surface area contributed by atoms with E-state index in [9.17, 15) is 13.2 Å². The first kappa shape index (κ1) is 19.2. The van der Waals surface area contributed by atoms with Gasteiger partial charge in [0.05, 0.1) is 17.0 Å². The van der Waals surface area contributed by atoms with Gasteiger partial charge in [-0.3, -0.25) is 9.10 Å². The van der Waals surface area contributed by atoms with Gasteiger partial charge in [-0.1, -0.05) is 27.5 Å². The van der Waals surface area contributed by atoms with E-state index in [2.05, 4.69) is 15.9 Å². The van der Waals surface area contributed by atoms with Crippen molar-refractivity contribution in [1.29, 1.82) is 0 Å². The minimum absolute atomic E-state index is 0.0126. The standard InChI is InChI=1S/C18H18BrClN2O3S/c1-11-8-13-9-14(19)5-7-16(13)22(11)18(23)12-4-6-15(20)17(10-12)21(2)26(3,24)25/h4-7,9-11H,8H2,1-3H3/t11-/m1/s1. The zero-order valence-corrected chi connectivity index (χ0v) is 17.7. The van der Waals surface area contributed by atoms with Crippen molar-refractivity contribution in [2.75, 3.05) is 22.5 Å². The van der Waals surface area contributed by atoms with Crippen LogP contribution in [0.5, 0.6) is 0 Å². The zero-order chi connectivity index (χ0) is 19.2. The summed E-state index contributed by atoms with van der Waals surface area (Å²) in [5.74, 6) is -0.182. The van der Waals surface area contributed by atoms with Crippen LogP contribution >= 0.6 is 27.5 Å². The normalized spacial score (nSPS) is 16.5. The highest BCUT2D eigenvalue weighted by Crippen LogP contribution is 2.36. The number of halogens is 2. The molecule has 1 aliphatic heterocycles. The van der Waals surface area contributed by atoms with Gasteiger partial charge in [-0.15, -0.1) is 0 Å². The number of hydrogen-bond donors (Lipinski definition) is 0. The van der Waals surface area contributed by atoms with E-state index < -0.39 is 10.0 Å². The van der Waals surface area contributed by atoms with Crippen LogP contribution in [0.1, 0.15) is 22.8 Å². The Morgan fingerprint density at radius 1 is 1.27 bits per heavy atom. The summed E-state index contributed by atoms with van der Waals surface area (Å²) in [7, 11) is -2.07. The number of rotatable bonds is 3. The number of anilines is 2. The van der Waals surface area contributed by atoms with Gasteiger partial charge in [-0.2, -0.15) is 0 Å². The minimum atomic E-state index is -3.49. The lowest BCUT2D eigenvalue weighted by Crippen LogP contribution is -2.36. The molecule has 8 heteroatoms. The van der Waals surface area contributed by atoms with E-state index in [4.69, 9.17) is 11.6 Å². The lowest BCUT2D eigenvalue weighted by atomic mass is 10.1. The molecule has 0 N–H and O–H groups in total. The molecule has 5 nitrogen and oxygen atoms in total. The molecule has 138 valence electrons. The Hall–Kier alpha value is -1.57. The summed E-state index contributed by atoms with van der Waals surface area (Å²) in [6.45, 7) is 1.99. The molecule has 1 heterocycles. The van der Waals surface area contributed by atoms with E-state index >= 15 is 0 Å². The fourth-order valence-electron chi connectivity index (χ4n) is 3.11. The highest BCUT2D eigenvalue weighted by atomic mass is 79.9. The van der Waals surface area contributed by atoms with Gasteiger partial charge >= 0.3 is 0 Å². The summed E-state index contributed by atoms with van der Waals surface area (Å²) in [6, 6.07) is 10.5. The van der Waals surface area contributed by atoms with Crippen molar-refractivity contribution in [1.82, 2.24) is 0 Å². The molecule has 0 aliphatic carbocycles. The van der Waals surface area contributed by atoms with Crippen molar-refractivity contribution < 1.29 is 13.2 Å². The Bertz CT molecular complexity index is 994. The molecule has 26 heavy (non-hydrogen) atoms. The van der Waals surface area contributed by atoms with Gasteiger partial charge in [0, 0.05) is 28.8 Å². The maximum absolute atomic E-state index is 13.1. The molecule has 3 rings (SSSR count). The maximum Gasteiger partial charge on any atom is 0.258 e. The second-order valence-electron chi connectivity index (χ2n) is 6.40. The highest BCUT2D eigenvalue weighted by molar-refractivity contribution is 9.10. The largest absolute Gasteiger partial charge is 0.305 e. The third-order valence-corrected chi connectivity index (χ3v) is 6.51. The molecule has 1 aliphatic rings. The SMILES string of the molecule is C[C@@H]1Cc2cc(Br)ccc2N1C(=O)c1ccc(Cl)c(N(C)S(C)(=O)=O)c1. The average molecular weight is 458 g/mol. The number of amides is 1. The van der Waals surface area contributed by atoms with Crippen molar-refractivity contribution in [3.05, 3.63) is 57.0 Å². The molecule has 0 saturated heterocycles. The van der Waals surface area contributed by atoms with Crippen LogP contribution in [0.25, 0.3) is 0 Å². The van der Waals surface area contributed by atoms with Crippen molar-refractivity contribution in [2.24, 2.45) is 0 Å². The van der Waals surface area contributed by atoms with Crippen molar-refractivity contribution in [2.45, 2.75) is 19.4 Å². The Morgan fingerprint density at radius 2 is 1.96 bits per heavy atom. The molecule has 2 aromatic carbocycles. The van der Waals surface area contributed by atoms with E-state index in [-0.39, 0.29) is 22.7 Å². The zero-order valence-electron chi connectivity index (χ0n) is 14.5. The van der Waals surface area contributed by atoms with E-state index in [1.165, 1.54) is 13.1 Å². The lowest BCUT2D eigenvalue weighted by Gasteiger charge is -2.24. The molecule has 2 aromatic rings. The number of benzene rings is 2. The summed E-state index contributed by atoms with van der Waals surface area (Å²) >= 11 is 9.61. The highest BCUT2D eigenvalue weighted by Gasteiger charge is 2.32. The van der Waals surface area contributed by atoms with Gasteiger partial charge in [0.15, 0.2) is 0 Å². The fraction of sp³-hybridized carbons (Fsp3) is 0.278. The number of carbonyl (C=O) groups excluding carboxylic acids is 1. The fourth-order valence-corrected chi connectivity index (χ4v) is 4.33. The average Bonchev–Trinajstić information content (AvgIpc) is 2.88. The van der Waals surface area contributed by atoms with Gasteiger partial charge in [-0.25, -0.2) is 8.42 Å². The molecule has 0 radical (unpaired) electrons. The van der Waals surface area contributed by atoms with E-state index in [1.54, 1.807) is 17.0 Å². The Labute approximate surface area is 166 Å². The Kier molecular flexibility index (Phi) is 5.07. The molecule has 0 unspecified atom stereocenters. The first-order chi connectivity index (χ1) is 12.1. The second-order valence-corrected chi connectivity index (χ2v) is 9.73. The van der Waals surface area contributed by atoms with Crippen molar-refractivity contribution >= 4 is 54.8 Å². The molecular formula is C18H18BrClN2O3S. The van der Waals surface area contributed by atoms with Gasteiger partial charge in [0.25, 0.3) is 5.91 Å². The lowest BCUT2D eigenvalue weighted by molar-refractivity contribution is 0.0981. The van der Waals surface area contributed by atoms with Crippen molar-refractivity contribution in [3.8, 4) is 0 Å². The predicted octanol–water partition coefficient (Wildman–Crippen LogP) is 4.09. The summed E-state index contributed by atoms with van der Waals surface area (Å²) in [5, 5.41) is 0.272. The monoisotopic (exact) mass is 456 g/mol. The topological polar surface area (TPSA) is 57.7 Å². The molecule has 0 bridgehead atoms. The van der Waals surface area contributed by atoms with E-state index in [0.29, 0.717) is 5.56 Å². The van der Waals surface area contributed by atoms with Crippen LogP contribution in [0.3, 0.4) is 0 Å². The van der Waals surface area contributed by atoms with E-state index in [0.717, 1.165) is 32.7 Å². The second kappa shape index (κ2) is 6.87. The van der Waals surface area contributed by atoms with Crippen molar-refractivity contribution in [3.63, 3.8) is 0 Å². The van der Waals surface area contributed by atoms with Gasteiger partial charge < -0.3 is 4.90 Å². The quantitative estimate of drug-likeness (QED) is 0.697. The van der Waals surface area contributed by atoms with Gasteiger partial charge in [0.1, 0.15) is 0 Å². The molecule has 0 saturated carbocycles. The maximum atomic E-state index is 13.1. The summed E-state index contributed by atoms with van der Waals surface area (Å²) in [6.07, 6.45) is 1.86. The van der Waals surface area contributed by atoms with Gasteiger partial charge in [-0.05, 0) is 55.3 Å². The van der Waals surface area contributed by atoms with Crippen LogP contribution < -0.4 is 9.21 Å². The van der Waals surface area contributed by atoms with Crippen LogP contribution in [0.2, 0.25) is 5.02 Å². The predicted molar refractivity (Wildman–Crippen MR) is 109 cm³/mol. The smallest absolute Gasteiger partial charge is 0.258 e.